The highest BCUT2D eigenvalue weighted by Gasteiger charge is 2.34. The van der Waals surface area contributed by atoms with Crippen LogP contribution in [0.15, 0.2) is 54.1 Å². The van der Waals surface area contributed by atoms with E-state index in [1.54, 1.807) is 31.4 Å². The number of methoxy groups -OCH3 is 2. The van der Waals surface area contributed by atoms with Crippen molar-refractivity contribution in [1.82, 2.24) is 10.6 Å². The molecule has 6 nitrogen and oxygen atoms in total. The van der Waals surface area contributed by atoms with Gasteiger partial charge in [-0.1, -0.05) is 31.2 Å². The van der Waals surface area contributed by atoms with Gasteiger partial charge in [0.1, 0.15) is 5.75 Å². The lowest BCUT2D eigenvalue weighted by atomic mass is 9.92. The predicted molar refractivity (Wildman–Crippen MR) is 102 cm³/mol. The highest BCUT2D eigenvalue weighted by atomic mass is 16.5. The average molecular weight is 366 g/mol. The van der Waals surface area contributed by atoms with E-state index in [0.717, 1.165) is 12.0 Å². The molecule has 0 saturated heterocycles. The third kappa shape index (κ3) is 3.79. The van der Waals surface area contributed by atoms with E-state index < -0.39 is 12.0 Å². The zero-order valence-electron chi connectivity index (χ0n) is 15.5. The lowest BCUT2D eigenvalue weighted by Crippen LogP contribution is -2.45. The number of carbonyl (C=O) groups excluding carboxylic acids is 2. The molecule has 2 aromatic rings. The van der Waals surface area contributed by atoms with Crippen molar-refractivity contribution in [3.05, 3.63) is 70.8 Å². The van der Waals surface area contributed by atoms with Crippen LogP contribution in [0, 0.1) is 0 Å². The molecule has 140 valence electrons. The van der Waals surface area contributed by atoms with E-state index in [0.29, 0.717) is 22.6 Å². The summed E-state index contributed by atoms with van der Waals surface area (Å²) in [7, 11) is 2.91. The van der Waals surface area contributed by atoms with Crippen molar-refractivity contribution in [2.75, 3.05) is 14.2 Å². The summed E-state index contributed by atoms with van der Waals surface area (Å²) < 4.78 is 10.2. The van der Waals surface area contributed by atoms with Crippen LogP contribution in [-0.4, -0.2) is 26.2 Å². The number of rotatable bonds is 5. The summed E-state index contributed by atoms with van der Waals surface area (Å²) in [6.45, 7) is 2.07. The van der Waals surface area contributed by atoms with Gasteiger partial charge in [0.2, 0.25) is 0 Å². The van der Waals surface area contributed by atoms with Crippen LogP contribution < -0.4 is 15.4 Å². The molecule has 0 spiro atoms. The molecule has 1 heterocycles. The minimum absolute atomic E-state index is 0.353. The molecule has 2 amide bonds. The average Bonchev–Trinajstić information content (AvgIpc) is 2.72. The quantitative estimate of drug-likeness (QED) is 0.797. The van der Waals surface area contributed by atoms with E-state index in [1.807, 2.05) is 24.3 Å². The van der Waals surface area contributed by atoms with Gasteiger partial charge < -0.3 is 20.1 Å². The second-order valence-electron chi connectivity index (χ2n) is 6.14. The molecule has 6 heteroatoms. The molecule has 1 aliphatic rings. The van der Waals surface area contributed by atoms with E-state index in [9.17, 15) is 9.59 Å². The van der Waals surface area contributed by atoms with Gasteiger partial charge in [-0.15, -0.1) is 0 Å². The first-order valence-electron chi connectivity index (χ1n) is 8.70. The van der Waals surface area contributed by atoms with Crippen LogP contribution in [0.1, 0.15) is 29.7 Å². The number of carbonyl (C=O) groups is 2. The first-order valence-corrected chi connectivity index (χ1v) is 8.70. The number of aryl methyl sites for hydroxylation is 1. The second-order valence-corrected chi connectivity index (χ2v) is 6.14. The number of nitrogens with one attached hydrogen (secondary N) is 2. The van der Waals surface area contributed by atoms with Crippen molar-refractivity contribution < 1.29 is 19.1 Å². The summed E-state index contributed by atoms with van der Waals surface area (Å²) in [5.74, 6) is 0.184. The molecule has 0 saturated carbocycles. The van der Waals surface area contributed by atoms with Gasteiger partial charge >= 0.3 is 12.0 Å². The molecule has 0 bridgehead atoms. The Bertz CT molecular complexity index is 870. The number of amides is 2. The van der Waals surface area contributed by atoms with E-state index in [-0.39, 0.29) is 6.03 Å². The third-order valence-electron chi connectivity index (χ3n) is 4.58. The van der Waals surface area contributed by atoms with Gasteiger partial charge in [-0.2, -0.15) is 0 Å². The molecule has 0 fully saturated rings. The summed E-state index contributed by atoms with van der Waals surface area (Å²) in [5.41, 5.74) is 3.47. The summed E-state index contributed by atoms with van der Waals surface area (Å²) in [6.07, 6.45) is 0.912. The van der Waals surface area contributed by atoms with Gasteiger partial charge in [0, 0.05) is 0 Å². The standard InChI is InChI=1S/C21H22N2O4/c1-4-13-5-7-14(8-6-13)18-17(20(24)27-3)19(23-21(25)22-18)15-9-11-16(26-2)12-10-15/h5-12,18H,4H2,1-3H3,(H2,22,23,25). The molecule has 27 heavy (non-hydrogen) atoms. The maximum absolute atomic E-state index is 12.6. The third-order valence-corrected chi connectivity index (χ3v) is 4.58. The van der Waals surface area contributed by atoms with Crippen molar-refractivity contribution in [3.63, 3.8) is 0 Å². The lowest BCUT2D eigenvalue weighted by molar-refractivity contribution is -0.136. The van der Waals surface area contributed by atoms with Crippen LogP contribution in [0.25, 0.3) is 5.70 Å². The van der Waals surface area contributed by atoms with Gasteiger partial charge in [-0.3, -0.25) is 0 Å². The zero-order chi connectivity index (χ0) is 19.4. The molecule has 0 aliphatic carbocycles. The Morgan fingerprint density at radius 3 is 2.26 bits per heavy atom. The van der Waals surface area contributed by atoms with Crippen molar-refractivity contribution in [3.8, 4) is 5.75 Å². The van der Waals surface area contributed by atoms with Crippen LogP contribution >= 0.6 is 0 Å². The Kier molecular flexibility index (Phi) is 5.45. The van der Waals surface area contributed by atoms with Gasteiger partial charge in [-0.05, 0) is 47.4 Å². The molecule has 3 rings (SSSR count). The zero-order valence-corrected chi connectivity index (χ0v) is 15.5. The molecule has 1 unspecified atom stereocenters. The maximum Gasteiger partial charge on any atom is 0.338 e. The molecule has 0 radical (unpaired) electrons. The van der Waals surface area contributed by atoms with Gasteiger partial charge in [0.15, 0.2) is 0 Å². The number of urea groups is 1. The largest absolute Gasteiger partial charge is 0.497 e. The molecule has 2 N–H and O–H groups in total. The van der Waals surface area contributed by atoms with Gasteiger partial charge in [0.25, 0.3) is 0 Å². The van der Waals surface area contributed by atoms with Crippen LogP contribution in [0.2, 0.25) is 0 Å². The first-order chi connectivity index (χ1) is 13.1. The monoisotopic (exact) mass is 366 g/mol. The smallest absolute Gasteiger partial charge is 0.338 e. The number of esters is 1. The molecule has 2 aromatic carbocycles. The fourth-order valence-electron chi connectivity index (χ4n) is 3.08. The SMILES string of the molecule is CCc1ccc(C2NC(=O)NC(c3ccc(OC)cc3)=C2C(=O)OC)cc1. The molecule has 1 atom stereocenters. The minimum atomic E-state index is -0.603. The molecular weight excluding hydrogens is 344 g/mol. The normalized spacial score (nSPS) is 16.4. The highest BCUT2D eigenvalue weighted by molar-refractivity contribution is 6.04. The Morgan fingerprint density at radius 1 is 1.04 bits per heavy atom. The Morgan fingerprint density at radius 2 is 1.70 bits per heavy atom. The van der Waals surface area contributed by atoms with E-state index in [1.165, 1.54) is 12.7 Å². The summed E-state index contributed by atoms with van der Waals surface area (Å²) in [4.78, 5) is 24.9. The Balaban J connectivity index is 2.12. The number of benzene rings is 2. The number of hydrogen-bond donors (Lipinski definition) is 2. The summed E-state index contributed by atoms with van der Waals surface area (Å²) >= 11 is 0. The fourth-order valence-corrected chi connectivity index (χ4v) is 3.08. The van der Waals surface area contributed by atoms with Gasteiger partial charge in [-0.25, -0.2) is 9.59 Å². The van der Waals surface area contributed by atoms with Crippen LogP contribution in [-0.2, 0) is 16.0 Å². The summed E-state index contributed by atoms with van der Waals surface area (Å²) in [5, 5.41) is 5.57. The van der Waals surface area contributed by atoms with Crippen molar-refractivity contribution >= 4 is 17.7 Å². The molecular formula is C21H22N2O4. The summed E-state index contributed by atoms with van der Waals surface area (Å²) in [6, 6.07) is 14.0. The number of ether oxygens (including phenoxy) is 2. The van der Waals surface area contributed by atoms with E-state index in [2.05, 4.69) is 17.6 Å². The van der Waals surface area contributed by atoms with Gasteiger partial charge in [0.05, 0.1) is 31.5 Å². The maximum atomic E-state index is 12.6. The van der Waals surface area contributed by atoms with Crippen LogP contribution in [0.4, 0.5) is 4.79 Å². The fraction of sp³-hybridized carbons (Fsp3) is 0.238. The Labute approximate surface area is 158 Å². The topological polar surface area (TPSA) is 76.7 Å². The molecule has 0 aromatic heterocycles. The van der Waals surface area contributed by atoms with Crippen molar-refractivity contribution in [2.24, 2.45) is 0 Å². The number of hydrogen-bond acceptors (Lipinski definition) is 4. The van der Waals surface area contributed by atoms with Crippen LogP contribution in [0.5, 0.6) is 5.75 Å². The van der Waals surface area contributed by atoms with E-state index >= 15 is 0 Å². The highest BCUT2D eigenvalue weighted by Crippen LogP contribution is 2.32. The second kappa shape index (κ2) is 7.95. The van der Waals surface area contributed by atoms with Crippen molar-refractivity contribution in [2.45, 2.75) is 19.4 Å². The lowest BCUT2D eigenvalue weighted by Gasteiger charge is -2.29. The Hall–Kier alpha value is -3.28. The molecule has 1 aliphatic heterocycles. The first kappa shape index (κ1) is 18.5. The van der Waals surface area contributed by atoms with E-state index in [4.69, 9.17) is 9.47 Å². The predicted octanol–water partition coefficient (Wildman–Crippen LogP) is 3.20. The minimum Gasteiger partial charge on any atom is -0.497 e. The van der Waals surface area contributed by atoms with Crippen molar-refractivity contribution in [1.29, 1.82) is 0 Å². The van der Waals surface area contributed by atoms with Crippen LogP contribution in [0.3, 0.4) is 0 Å².